The summed E-state index contributed by atoms with van der Waals surface area (Å²) in [4.78, 5) is 15.5. The van der Waals surface area contributed by atoms with Crippen LogP contribution in [0.15, 0.2) is 24.3 Å². The van der Waals surface area contributed by atoms with E-state index in [1.165, 1.54) is 0 Å². The molecule has 2 rings (SSSR count). The molecule has 0 unspecified atom stereocenters. The summed E-state index contributed by atoms with van der Waals surface area (Å²) in [6.45, 7) is 5.43. The molecule has 1 N–H and O–H groups in total. The van der Waals surface area contributed by atoms with Gasteiger partial charge >= 0.3 is 6.03 Å². The van der Waals surface area contributed by atoms with E-state index in [9.17, 15) is 9.90 Å². The van der Waals surface area contributed by atoms with Crippen LogP contribution in [0.4, 0.5) is 10.5 Å². The molecule has 1 aliphatic rings. The summed E-state index contributed by atoms with van der Waals surface area (Å²) in [5, 5.41) is 9.38. The number of amides is 2. The molecule has 0 spiro atoms. The van der Waals surface area contributed by atoms with E-state index in [0.29, 0.717) is 6.54 Å². The molecule has 0 bridgehead atoms. The van der Waals surface area contributed by atoms with E-state index in [2.05, 4.69) is 0 Å². The standard InChI is InChI=1S/C12H16N2O2/c1-9(2)13-6-7-14(12(13)16)10-4-3-5-11(15)8-10/h3-5,8-9,15H,6-7H2,1-2H3. The quantitative estimate of drug-likeness (QED) is 0.828. The molecule has 0 radical (unpaired) electrons. The summed E-state index contributed by atoms with van der Waals surface area (Å²) >= 11 is 0. The van der Waals surface area contributed by atoms with Crippen LogP contribution in [0.2, 0.25) is 0 Å². The highest BCUT2D eigenvalue weighted by molar-refractivity contribution is 5.94. The van der Waals surface area contributed by atoms with Crippen molar-refractivity contribution in [3.8, 4) is 5.75 Å². The first-order valence-corrected chi connectivity index (χ1v) is 5.47. The van der Waals surface area contributed by atoms with Crippen molar-refractivity contribution >= 4 is 11.7 Å². The molecule has 4 heteroatoms. The lowest BCUT2D eigenvalue weighted by molar-refractivity contribution is 0.209. The number of nitrogens with zero attached hydrogens (tertiary/aromatic N) is 2. The van der Waals surface area contributed by atoms with Gasteiger partial charge in [0.15, 0.2) is 0 Å². The van der Waals surface area contributed by atoms with Gasteiger partial charge in [0.1, 0.15) is 5.75 Å². The average molecular weight is 220 g/mol. The molecule has 0 aromatic heterocycles. The van der Waals surface area contributed by atoms with Gasteiger partial charge in [-0.3, -0.25) is 4.90 Å². The maximum atomic E-state index is 12.0. The van der Waals surface area contributed by atoms with Gasteiger partial charge in [-0.05, 0) is 26.0 Å². The van der Waals surface area contributed by atoms with E-state index >= 15 is 0 Å². The molecule has 4 nitrogen and oxygen atoms in total. The summed E-state index contributed by atoms with van der Waals surface area (Å²) in [5.41, 5.74) is 0.758. The van der Waals surface area contributed by atoms with Gasteiger partial charge in [-0.25, -0.2) is 4.79 Å². The van der Waals surface area contributed by atoms with Crippen molar-refractivity contribution in [3.63, 3.8) is 0 Å². The Morgan fingerprint density at radius 3 is 2.62 bits per heavy atom. The van der Waals surface area contributed by atoms with Crippen LogP contribution in [0, 0.1) is 0 Å². The van der Waals surface area contributed by atoms with Crippen molar-refractivity contribution in [2.24, 2.45) is 0 Å². The molecule has 1 aromatic carbocycles. The van der Waals surface area contributed by atoms with Gasteiger partial charge in [-0.2, -0.15) is 0 Å². The monoisotopic (exact) mass is 220 g/mol. The van der Waals surface area contributed by atoms with Crippen LogP contribution in [0.3, 0.4) is 0 Å². The molecule has 1 heterocycles. The first kappa shape index (κ1) is 10.8. The number of anilines is 1. The number of benzene rings is 1. The van der Waals surface area contributed by atoms with Crippen molar-refractivity contribution < 1.29 is 9.90 Å². The zero-order valence-electron chi connectivity index (χ0n) is 9.55. The molecular formula is C12H16N2O2. The molecule has 16 heavy (non-hydrogen) atoms. The van der Waals surface area contributed by atoms with E-state index in [1.807, 2.05) is 24.8 Å². The number of aromatic hydroxyl groups is 1. The van der Waals surface area contributed by atoms with Crippen molar-refractivity contribution in [2.45, 2.75) is 19.9 Å². The highest BCUT2D eigenvalue weighted by Crippen LogP contribution is 2.24. The Labute approximate surface area is 95.1 Å². The SMILES string of the molecule is CC(C)N1CCN(c2cccc(O)c2)C1=O. The predicted octanol–water partition coefficient (Wildman–Crippen LogP) is 2.04. The number of phenols is 1. The summed E-state index contributed by atoms with van der Waals surface area (Å²) in [7, 11) is 0. The second kappa shape index (κ2) is 4.04. The molecule has 1 fully saturated rings. The van der Waals surface area contributed by atoms with Gasteiger partial charge in [0.2, 0.25) is 0 Å². The third kappa shape index (κ3) is 1.83. The third-order valence-electron chi connectivity index (χ3n) is 2.81. The molecule has 2 amide bonds. The van der Waals surface area contributed by atoms with Gasteiger partial charge in [-0.15, -0.1) is 0 Å². The van der Waals surface area contributed by atoms with Gasteiger partial charge in [0.25, 0.3) is 0 Å². The lowest BCUT2D eigenvalue weighted by Crippen LogP contribution is -2.36. The minimum atomic E-state index is 0.0144. The second-order valence-corrected chi connectivity index (χ2v) is 4.24. The van der Waals surface area contributed by atoms with Gasteiger partial charge in [0.05, 0.1) is 0 Å². The Hall–Kier alpha value is -1.71. The summed E-state index contributed by atoms with van der Waals surface area (Å²) in [5.74, 6) is 0.188. The summed E-state index contributed by atoms with van der Waals surface area (Å²) in [6.07, 6.45) is 0. The lowest BCUT2D eigenvalue weighted by Gasteiger charge is -2.21. The van der Waals surface area contributed by atoms with E-state index in [0.717, 1.165) is 12.2 Å². The van der Waals surface area contributed by atoms with Crippen LogP contribution >= 0.6 is 0 Å². The van der Waals surface area contributed by atoms with Gasteiger partial charge in [-0.1, -0.05) is 6.07 Å². The average Bonchev–Trinajstić information content (AvgIpc) is 2.60. The number of phenolic OH excluding ortho intramolecular Hbond substituents is 1. The molecule has 1 aromatic rings. The predicted molar refractivity (Wildman–Crippen MR) is 62.7 cm³/mol. The zero-order chi connectivity index (χ0) is 11.7. The fourth-order valence-corrected chi connectivity index (χ4v) is 1.93. The Morgan fingerprint density at radius 1 is 1.31 bits per heavy atom. The van der Waals surface area contributed by atoms with Crippen LogP contribution in [-0.2, 0) is 0 Å². The van der Waals surface area contributed by atoms with E-state index in [1.54, 1.807) is 23.1 Å². The topological polar surface area (TPSA) is 43.8 Å². The summed E-state index contributed by atoms with van der Waals surface area (Å²) < 4.78 is 0. The normalized spacial score (nSPS) is 16.3. The first-order valence-electron chi connectivity index (χ1n) is 5.47. The minimum Gasteiger partial charge on any atom is -0.508 e. The fraction of sp³-hybridized carbons (Fsp3) is 0.417. The third-order valence-corrected chi connectivity index (χ3v) is 2.81. The highest BCUT2D eigenvalue weighted by Gasteiger charge is 2.30. The maximum absolute atomic E-state index is 12.0. The smallest absolute Gasteiger partial charge is 0.324 e. The van der Waals surface area contributed by atoms with Crippen molar-refractivity contribution in [1.29, 1.82) is 0 Å². The van der Waals surface area contributed by atoms with Crippen LogP contribution in [-0.4, -0.2) is 35.2 Å². The Kier molecular flexibility index (Phi) is 2.73. The molecule has 1 aliphatic heterocycles. The van der Waals surface area contributed by atoms with Gasteiger partial charge in [0, 0.05) is 30.9 Å². The van der Waals surface area contributed by atoms with E-state index < -0.39 is 0 Å². The van der Waals surface area contributed by atoms with Crippen LogP contribution < -0.4 is 4.90 Å². The largest absolute Gasteiger partial charge is 0.508 e. The Morgan fingerprint density at radius 2 is 2.06 bits per heavy atom. The Bertz CT molecular complexity index is 404. The number of urea groups is 1. The van der Waals surface area contributed by atoms with Crippen molar-refractivity contribution in [2.75, 3.05) is 18.0 Å². The lowest BCUT2D eigenvalue weighted by atomic mass is 10.3. The molecule has 1 saturated heterocycles. The maximum Gasteiger partial charge on any atom is 0.324 e. The van der Waals surface area contributed by atoms with Crippen molar-refractivity contribution in [3.05, 3.63) is 24.3 Å². The first-order chi connectivity index (χ1) is 7.59. The van der Waals surface area contributed by atoms with E-state index in [4.69, 9.17) is 0 Å². The molecule has 86 valence electrons. The number of hydrogen-bond acceptors (Lipinski definition) is 2. The van der Waals surface area contributed by atoms with E-state index in [-0.39, 0.29) is 17.8 Å². The Balaban J connectivity index is 2.21. The number of hydrogen-bond donors (Lipinski definition) is 1. The minimum absolute atomic E-state index is 0.0144. The van der Waals surface area contributed by atoms with Crippen LogP contribution in [0.25, 0.3) is 0 Å². The molecule has 0 atom stereocenters. The number of carbonyl (C=O) groups excluding carboxylic acids is 1. The van der Waals surface area contributed by atoms with Crippen molar-refractivity contribution in [1.82, 2.24) is 4.90 Å². The highest BCUT2D eigenvalue weighted by atomic mass is 16.3. The molecule has 0 aliphatic carbocycles. The molecule has 0 saturated carbocycles. The van der Waals surface area contributed by atoms with Crippen LogP contribution in [0.1, 0.15) is 13.8 Å². The number of rotatable bonds is 2. The fourth-order valence-electron chi connectivity index (χ4n) is 1.93. The summed E-state index contributed by atoms with van der Waals surface area (Å²) in [6, 6.07) is 7.03. The number of carbonyl (C=O) groups is 1. The van der Waals surface area contributed by atoms with Gasteiger partial charge < -0.3 is 10.0 Å². The second-order valence-electron chi connectivity index (χ2n) is 4.24. The zero-order valence-corrected chi connectivity index (χ0v) is 9.55. The van der Waals surface area contributed by atoms with Crippen LogP contribution in [0.5, 0.6) is 5.75 Å². The molecular weight excluding hydrogens is 204 g/mol.